The van der Waals surface area contributed by atoms with Crippen LogP contribution in [0.5, 0.6) is 0 Å². The van der Waals surface area contributed by atoms with Gasteiger partial charge in [-0.05, 0) is 36.0 Å². The number of hydrogen-bond acceptors (Lipinski definition) is 6. The van der Waals surface area contributed by atoms with Crippen LogP contribution >= 0.6 is 11.8 Å². The van der Waals surface area contributed by atoms with E-state index >= 15 is 0 Å². The number of benzene rings is 2. The van der Waals surface area contributed by atoms with Crippen molar-refractivity contribution < 1.29 is 22.9 Å². The Balaban J connectivity index is 2.01. The minimum Gasteiger partial charge on any atom is -0.356 e. The fourth-order valence-electron chi connectivity index (χ4n) is 2.74. The van der Waals surface area contributed by atoms with Gasteiger partial charge in [0.2, 0.25) is 11.1 Å². The van der Waals surface area contributed by atoms with Gasteiger partial charge in [0.1, 0.15) is 5.82 Å². The van der Waals surface area contributed by atoms with Gasteiger partial charge in [0.25, 0.3) is 5.69 Å². The van der Waals surface area contributed by atoms with Crippen LogP contribution in [0.25, 0.3) is 5.69 Å². The van der Waals surface area contributed by atoms with Crippen LogP contribution in [-0.4, -0.2) is 32.1 Å². The lowest BCUT2D eigenvalue weighted by atomic mass is 10.2. The van der Waals surface area contributed by atoms with Gasteiger partial charge in [-0.3, -0.25) is 19.5 Å². The molecule has 1 amide bonds. The third-order valence-corrected chi connectivity index (χ3v) is 5.13. The molecule has 8 nitrogen and oxygen atoms in total. The number of para-hydroxylation sites is 1. The second-order valence-corrected chi connectivity index (χ2v) is 7.35. The van der Waals surface area contributed by atoms with Crippen molar-refractivity contribution in [1.82, 2.24) is 20.1 Å². The molecule has 0 aliphatic heterocycles. The highest BCUT2D eigenvalue weighted by Crippen LogP contribution is 2.39. The normalized spacial score (nSPS) is 11.4. The maximum absolute atomic E-state index is 13.0. The minimum absolute atomic E-state index is 0.00371. The largest absolute Gasteiger partial charge is 0.416 e. The molecule has 3 rings (SSSR count). The Morgan fingerprint density at radius 2 is 1.90 bits per heavy atom. The number of alkyl halides is 3. The molecule has 0 fully saturated rings. The lowest BCUT2D eigenvalue weighted by molar-refractivity contribution is -0.388. The third kappa shape index (κ3) is 5.40. The van der Waals surface area contributed by atoms with Gasteiger partial charge in [-0.25, -0.2) is 0 Å². The van der Waals surface area contributed by atoms with E-state index in [9.17, 15) is 28.1 Å². The van der Waals surface area contributed by atoms with Crippen LogP contribution in [-0.2, 0) is 17.4 Å². The summed E-state index contributed by atoms with van der Waals surface area (Å²) in [7, 11) is 0. The highest BCUT2D eigenvalue weighted by molar-refractivity contribution is 7.99. The van der Waals surface area contributed by atoms with E-state index in [2.05, 4.69) is 15.5 Å². The molecule has 1 aromatic heterocycles. The summed E-state index contributed by atoms with van der Waals surface area (Å²) in [4.78, 5) is 21.7. The zero-order valence-electron chi connectivity index (χ0n) is 16.1. The van der Waals surface area contributed by atoms with E-state index in [-0.39, 0.29) is 16.0 Å². The molecule has 0 unspecified atom stereocenters. The number of rotatable bonds is 7. The zero-order valence-corrected chi connectivity index (χ0v) is 16.9. The lowest BCUT2D eigenvalue weighted by Crippen LogP contribution is -2.23. The third-order valence-electron chi connectivity index (χ3n) is 4.12. The summed E-state index contributed by atoms with van der Waals surface area (Å²) in [6.07, 6.45) is -4.37. The van der Waals surface area contributed by atoms with Gasteiger partial charge in [0.05, 0.1) is 15.4 Å². The quantitative estimate of drug-likeness (QED) is 0.430. The van der Waals surface area contributed by atoms with Gasteiger partial charge in [-0.2, -0.15) is 13.2 Å². The predicted molar refractivity (Wildman–Crippen MR) is 106 cm³/mol. The van der Waals surface area contributed by atoms with Crippen molar-refractivity contribution in [1.29, 1.82) is 0 Å². The number of nitrogens with one attached hydrogen (secondary N) is 1. The Morgan fingerprint density at radius 1 is 1.19 bits per heavy atom. The summed E-state index contributed by atoms with van der Waals surface area (Å²) >= 11 is 0.837. The molecule has 31 heavy (non-hydrogen) atoms. The average Bonchev–Trinajstić information content (AvgIpc) is 3.10. The van der Waals surface area contributed by atoms with E-state index < -0.39 is 22.4 Å². The number of nitro groups is 1. The highest BCUT2D eigenvalue weighted by atomic mass is 32.2. The summed E-state index contributed by atoms with van der Waals surface area (Å²) in [6, 6.07) is 11.3. The minimum atomic E-state index is -4.70. The average molecular weight is 451 g/mol. The number of carbonyl (C=O) groups is 1. The van der Waals surface area contributed by atoms with Crippen molar-refractivity contribution in [3.8, 4) is 5.69 Å². The van der Waals surface area contributed by atoms with Crippen LogP contribution < -0.4 is 5.32 Å². The topological polar surface area (TPSA) is 103 Å². The Kier molecular flexibility index (Phi) is 6.59. The van der Waals surface area contributed by atoms with Crippen LogP contribution in [0.15, 0.2) is 58.6 Å². The first kappa shape index (κ1) is 22.3. The molecule has 12 heteroatoms. The first-order chi connectivity index (χ1) is 14.7. The van der Waals surface area contributed by atoms with Crippen LogP contribution in [0.4, 0.5) is 18.9 Å². The molecule has 0 saturated carbocycles. The van der Waals surface area contributed by atoms with E-state index in [1.807, 2.05) is 0 Å². The number of halogens is 3. The van der Waals surface area contributed by atoms with Crippen LogP contribution in [0.1, 0.15) is 18.3 Å². The molecule has 1 heterocycles. The van der Waals surface area contributed by atoms with Gasteiger partial charge >= 0.3 is 6.18 Å². The molecule has 2 aromatic carbocycles. The highest BCUT2D eigenvalue weighted by Gasteiger charge is 2.33. The number of nitro benzene ring substituents is 1. The van der Waals surface area contributed by atoms with Crippen molar-refractivity contribution in [3.63, 3.8) is 0 Å². The first-order valence-corrected chi connectivity index (χ1v) is 9.76. The lowest BCUT2D eigenvalue weighted by Gasteiger charge is -2.11. The standard InChI is InChI=1S/C19H16F3N5O3S/c1-12(28)23-10-9-17-24-25-18(26(17)14-5-3-2-4-6-14)31-16-8-7-13(19(20,21)22)11-15(16)27(29)30/h2-8,11H,9-10H2,1H3,(H,23,28). The van der Waals surface area contributed by atoms with Crippen LogP contribution in [0, 0.1) is 10.1 Å². The molecule has 162 valence electrons. The van der Waals surface area contributed by atoms with Gasteiger partial charge in [-0.1, -0.05) is 18.2 Å². The van der Waals surface area contributed by atoms with E-state index in [0.717, 1.165) is 23.9 Å². The van der Waals surface area contributed by atoms with Gasteiger partial charge in [-0.15, -0.1) is 10.2 Å². The SMILES string of the molecule is CC(=O)NCCc1nnc(Sc2ccc(C(F)(F)F)cc2[N+](=O)[O-])n1-c1ccccc1. The molecule has 0 saturated heterocycles. The second-order valence-electron chi connectivity index (χ2n) is 6.34. The molecule has 0 aliphatic carbocycles. The van der Waals surface area contributed by atoms with E-state index in [1.165, 1.54) is 6.92 Å². The molecule has 0 bridgehead atoms. The van der Waals surface area contributed by atoms with E-state index in [1.54, 1.807) is 34.9 Å². The first-order valence-electron chi connectivity index (χ1n) is 8.94. The molecule has 3 aromatic rings. The number of aromatic nitrogens is 3. The van der Waals surface area contributed by atoms with Gasteiger partial charge < -0.3 is 5.32 Å². The number of amides is 1. The summed E-state index contributed by atoms with van der Waals surface area (Å²) in [5.74, 6) is 0.276. The van der Waals surface area contributed by atoms with E-state index in [4.69, 9.17) is 0 Å². The molecule has 1 N–H and O–H groups in total. The fourth-order valence-corrected chi connectivity index (χ4v) is 3.69. The van der Waals surface area contributed by atoms with Crippen LogP contribution in [0.3, 0.4) is 0 Å². The zero-order chi connectivity index (χ0) is 22.6. The van der Waals surface area contributed by atoms with Crippen molar-refractivity contribution in [3.05, 3.63) is 70.0 Å². The summed E-state index contributed by atoms with van der Waals surface area (Å²) < 4.78 is 40.6. The molecule has 0 atom stereocenters. The smallest absolute Gasteiger partial charge is 0.356 e. The molecular weight excluding hydrogens is 435 g/mol. The molecular formula is C19H16F3N5O3S. The summed E-state index contributed by atoms with van der Waals surface area (Å²) in [5.41, 5.74) is -1.12. The summed E-state index contributed by atoms with van der Waals surface area (Å²) in [5, 5.41) is 22.5. The Hall–Kier alpha value is -3.41. The predicted octanol–water partition coefficient (Wildman–Crippen LogP) is 4.02. The van der Waals surface area contributed by atoms with Gasteiger partial charge in [0, 0.05) is 31.6 Å². The molecule has 0 radical (unpaired) electrons. The van der Waals surface area contributed by atoms with Crippen molar-refractivity contribution >= 4 is 23.4 Å². The van der Waals surface area contributed by atoms with E-state index in [0.29, 0.717) is 30.5 Å². The summed E-state index contributed by atoms with van der Waals surface area (Å²) in [6.45, 7) is 1.68. The van der Waals surface area contributed by atoms with Crippen molar-refractivity contribution in [2.75, 3.05) is 6.54 Å². The molecule has 0 aliphatic rings. The maximum Gasteiger partial charge on any atom is 0.416 e. The number of carbonyl (C=O) groups excluding carboxylic acids is 1. The Bertz CT molecular complexity index is 1100. The second kappa shape index (κ2) is 9.16. The molecule has 0 spiro atoms. The Morgan fingerprint density at radius 3 is 2.52 bits per heavy atom. The fraction of sp³-hybridized carbons (Fsp3) is 0.211. The number of nitrogens with zero attached hydrogens (tertiary/aromatic N) is 4. The monoisotopic (exact) mass is 451 g/mol. The Labute approximate surface area is 178 Å². The van der Waals surface area contributed by atoms with Gasteiger partial charge in [0.15, 0.2) is 0 Å². The van der Waals surface area contributed by atoms with Crippen molar-refractivity contribution in [2.45, 2.75) is 29.6 Å². The van der Waals surface area contributed by atoms with Crippen LogP contribution in [0.2, 0.25) is 0 Å². The maximum atomic E-state index is 13.0. The van der Waals surface area contributed by atoms with Crippen molar-refractivity contribution in [2.24, 2.45) is 0 Å². The number of hydrogen-bond donors (Lipinski definition) is 1.